The second-order valence-corrected chi connectivity index (χ2v) is 6.36. The average molecular weight is 376 g/mol. The Morgan fingerprint density at radius 1 is 1.33 bits per heavy atom. The predicted octanol–water partition coefficient (Wildman–Crippen LogP) is 3.09. The molecule has 4 nitrogen and oxygen atoms in total. The minimum Gasteiger partial charge on any atom is -0.381 e. The first-order chi connectivity index (χ1) is 8.65. The number of ether oxygens (including phenoxy) is 1. The van der Waals surface area contributed by atoms with Crippen LogP contribution in [0.3, 0.4) is 0 Å². The molecule has 0 spiro atoms. The highest BCUT2D eigenvalue weighted by Crippen LogP contribution is 2.40. The molecule has 2 heterocycles. The van der Waals surface area contributed by atoms with Crippen molar-refractivity contribution in [1.29, 1.82) is 0 Å². The first kappa shape index (κ1) is 12.4. The minimum atomic E-state index is -0.177. The van der Waals surface area contributed by atoms with Gasteiger partial charge < -0.3 is 14.7 Å². The van der Waals surface area contributed by atoms with Crippen molar-refractivity contribution in [2.75, 3.05) is 13.2 Å². The summed E-state index contributed by atoms with van der Waals surface area (Å²) in [6.07, 6.45) is 1.06. The summed E-state index contributed by atoms with van der Waals surface area (Å²) in [6, 6.07) is 3.95. The summed E-state index contributed by atoms with van der Waals surface area (Å²) in [6.45, 7) is 1.61. The average Bonchev–Trinajstić information content (AvgIpc) is 2.94. The highest BCUT2D eigenvalue weighted by atomic mass is 79.9. The molecule has 3 rings (SSSR count). The number of H-pyrrole nitrogens is 2. The molecule has 0 bridgehead atoms. The standard InChI is InChI=1S/C12H12Br2N2O2/c13-8-4-10-9(15-12(17)16-10)3-7(8)11(14)6-1-2-18-5-6/h3-4,6,11H,1-2,5H2,(H2,15,16,17). The second-order valence-electron chi connectivity index (χ2n) is 4.52. The van der Waals surface area contributed by atoms with Crippen molar-refractivity contribution in [3.63, 3.8) is 0 Å². The Bertz CT molecular complexity index is 629. The number of halogens is 2. The fraction of sp³-hybridized carbons (Fsp3) is 0.417. The SMILES string of the molecule is O=c1[nH]c2cc(Br)c(C(Br)C3CCOC3)cc2[nH]1. The van der Waals surface area contributed by atoms with Crippen LogP contribution in [0.15, 0.2) is 21.4 Å². The predicted molar refractivity (Wildman–Crippen MR) is 77.2 cm³/mol. The number of rotatable bonds is 2. The molecule has 1 aromatic carbocycles. The number of imidazole rings is 1. The highest BCUT2D eigenvalue weighted by molar-refractivity contribution is 9.11. The van der Waals surface area contributed by atoms with Crippen LogP contribution in [-0.2, 0) is 4.74 Å². The van der Waals surface area contributed by atoms with Crippen LogP contribution < -0.4 is 5.69 Å². The van der Waals surface area contributed by atoms with Crippen LogP contribution in [0.4, 0.5) is 0 Å². The molecule has 1 saturated heterocycles. The molecule has 18 heavy (non-hydrogen) atoms. The molecule has 0 radical (unpaired) electrons. The van der Waals surface area contributed by atoms with E-state index in [9.17, 15) is 4.79 Å². The topological polar surface area (TPSA) is 57.9 Å². The lowest BCUT2D eigenvalue weighted by atomic mass is 9.98. The summed E-state index contributed by atoms with van der Waals surface area (Å²) >= 11 is 7.31. The van der Waals surface area contributed by atoms with Crippen LogP contribution in [-0.4, -0.2) is 23.2 Å². The van der Waals surface area contributed by atoms with Gasteiger partial charge in [0.1, 0.15) is 0 Å². The molecule has 0 saturated carbocycles. The smallest absolute Gasteiger partial charge is 0.323 e. The van der Waals surface area contributed by atoms with E-state index in [1.165, 1.54) is 0 Å². The Morgan fingerprint density at radius 2 is 2.06 bits per heavy atom. The molecular formula is C12H12Br2N2O2. The summed E-state index contributed by atoms with van der Waals surface area (Å²) in [7, 11) is 0. The normalized spacial score (nSPS) is 21.6. The lowest BCUT2D eigenvalue weighted by Crippen LogP contribution is -2.07. The first-order valence-electron chi connectivity index (χ1n) is 5.78. The minimum absolute atomic E-state index is 0.177. The third kappa shape index (κ3) is 2.17. The van der Waals surface area contributed by atoms with Crippen molar-refractivity contribution in [1.82, 2.24) is 9.97 Å². The summed E-state index contributed by atoms with van der Waals surface area (Å²) in [5.74, 6) is 0.476. The number of alkyl halides is 1. The largest absolute Gasteiger partial charge is 0.381 e. The maximum atomic E-state index is 11.3. The van der Waals surface area contributed by atoms with Gasteiger partial charge in [-0.3, -0.25) is 0 Å². The van der Waals surface area contributed by atoms with Gasteiger partial charge in [-0.2, -0.15) is 0 Å². The molecule has 2 aromatic rings. The molecule has 1 fully saturated rings. The first-order valence-corrected chi connectivity index (χ1v) is 7.49. The van der Waals surface area contributed by atoms with Gasteiger partial charge in [0, 0.05) is 21.8 Å². The van der Waals surface area contributed by atoms with E-state index >= 15 is 0 Å². The molecule has 2 atom stereocenters. The fourth-order valence-electron chi connectivity index (χ4n) is 2.32. The number of aromatic amines is 2. The van der Waals surface area contributed by atoms with Gasteiger partial charge in [-0.05, 0) is 24.1 Å². The maximum Gasteiger partial charge on any atom is 0.323 e. The third-order valence-corrected chi connectivity index (χ3v) is 5.24. The van der Waals surface area contributed by atoms with Crippen LogP contribution in [0.2, 0.25) is 0 Å². The quantitative estimate of drug-likeness (QED) is 0.792. The Balaban J connectivity index is 2.04. The van der Waals surface area contributed by atoms with Crippen LogP contribution in [0, 0.1) is 5.92 Å². The van der Waals surface area contributed by atoms with Crippen molar-refractivity contribution >= 4 is 42.9 Å². The van der Waals surface area contributed by atoms with Crippen molar-refractivity contribution in [2.24, 2.45) is 5.92 Å². The molecule has 2 N–H and O–H groups in total. The van der Waals surface area contributed by atoms with E-state index in [1.807, 2.05) is 12.1 Å². The van der Waals surface area contributed by atoms with Gasteiger partial charge >= 0.3 is 5.69 Å². The van der Waals surface area contributed by atoms with E-state index in [0.717, 1.165) is 40.7 Å². The molecular weight excluding hydrogens is 364 g/mol. The molecule has 0 aliphatic carbocycles. The maximum absolute atomic E-state index is 11.3. The monoisotopic (exact) mass is 374 g/mol. The Hall–Kier alpha value is -0.590. The van der Waals surface area contributed by atoms with Gasteiger partial charge in [0.2, 0.25) is 0 Å². The lowest BCUT2D eigenvalue weighted by molar-refractivity contribution is 0.185. The van der Waals surface area contributed by atoms with Gasteiger partial charge in [-0.1, -0.05) is 31.9 Å². The number of nitrogens with one attached hydrogen (secondary N) is 2. The number of fused-ring (bicyclic) bond motifs is 1. The zero-order chi connectivity index (χ0) is 12.7. The second kappa shape index (κ2) is 4.83. The number of aromatic nitrogens is 2. The number of hydrogen-bond donors (Lipinski definition) is 2. The summed E-state index contributed by atoms with van der Waals surface area (Å²) in [5, 5.41) is 0. The van der Waals surface area contributed by atoms with Crippen molar-refractivity contribution in [2.45, 2.75) is 11.2 Å². The van der Waals surface area contributed by atoms with Crippen molar-refractivity contribution < 1.29 is 4.74 Å². The molecule has 1 aliphatic rings. The van der Waals surface area contributed by atoms with Crippen LogP contribution >= 0.6 is 31.9 Å². The molecule has 0 amide bonds. The van der Waals surface area contributed by atoms with Crippen LogP contribution in [0.25, 0.3) is 11.0 Å². The van der Waals surface area contributed by atoms with E-state index in [4.69, 9.17) is 4.74 Å². The van der Waals surface area contributed by atoms with Crippen molar-refractivity contribution in [3.8, 4) is 0 Å². The van der Waals surface area contributed by atoms with E-state index in [0.29, 0.717) is 5.92 Å². The number of hydrogen-bond acceptors (Lipinski definition) is 2. The van der Waals surface area contributed by atoms with E-state index in [1.54, 1.807) is 0 Å². The van der Waals surface area contributed by atoms with Gasteiger partial charge in [0.05, 0.1) is 17.6 Å². The molecule has 2 unspecified atom stereocenters. The fourth-order valence-corrected chi connectivity index (χ4v) is 4.01. The van der Waals surface area contributed by atoms with Crippen LogP contribution in [0.5, 0.6) is 0 Å². The van der Waals surface area contributed by atoms with Gasteiger partial charge in [0.25, 0.3) is 0 Å². The van der Waals surface area contributed by atoms with Gasteiger partial charge in [-0.15, -0.1) is 0 Å². The van der Waals surface area contributed by atoms with Gasteiger partial charge in [0.15, 0.2) is 0 Å². The lowest BCUT2D eigenvalue weighted by Gasteiger charge is -2.17. The Kier molecular flexibility index (Phi) is 3.34. The Morgan fingerprint density at radius 3 is 2.72 bits per heavy atom. The third-order valence-electron chi connectivity index (χ3n) is 3.31. The molecule has 6 heteroatoms. The van der Waals surface area contributed by atoms with E-state index in [-0.39, 0.29) is 10.5 Å². The zero-order valence-electron chi connectivity index (χ0n) is 9.50. The van der Waals surface area contributed by atoms with Gasteiger partial charge in [-0.25, -0.2) is 4.79 Å². The summed E-state index contributed by atoms with van der Waals surface area (Å²) in [4.78, 5) is 17.1. The van der Waals surface area contributed by atoms with Crippen molar-refractivity contribution in [3.05, 3.63) is 32.7 Å². The van der Waals surface area contributed by atoms with Crippen LogP contribution in [0.1, 0.15) is 16.8 Å². The molecule has 1 aromatic heterocycles. The Labute approximate surface area is 120 Å². The summed E-state index contributed by atoms with van der Waals surface area (Å²) < 4.78 is 6.42. The molecule has 1 aliphatic heterocycles. The highest BCUT2D eigenvalue weighted by Gasteiger charge is 2.26. The zero-order valence-corrected chi connectivity index (χ0v) is 12.7. The molecule has 96 valence electrons. The summed E-state index contributed by atoms with van der Waals surface area (Å²) in [5.41, 5.74) is 2.62. The van der Waals surface area contributed by atoms with E-state index in [2.05, 4.69) is 41.8 Å². The number of benzene rings is 1. The van der Waals surface area contributed by atoms with E-state index < -0.39 is 0 Å².